The summed E-state index contributed by atoms with van der Waals surface area (Å²) in [6.07, 6.45) is 2.18. The van der Waals surface area contributed by atoms with Crippen LogP contribution in [0.5, 0.6) is 5.75 Å². The molecule has 0 radical (unpaired) electrons. The lowest BCUT2D eigenvalue weighted by Gasteiger charge is -2.15. The molecule has 0 aromatic heterocycles. The van der Waals surface area contributed by atoms with E-state index in [9.17, 15) is 4.79 Å². The van der Waals surface area contributed by atoms with Crippen molar-refractivity contribution >= 4 is 40.5 Å². The van der Waals surface area contributed by atoms with Gasteiger partial charge in [-0.3, -0.25) is 4.79 Å². The number of amides is 1. The Morgan fingerprint density at radius 2 is 1.96 bits per heavy atom. The highest BCUT2D eigenvalue weighted by molar-refractivity contribution is 6.35. The topological polar surface area (TPSA) is 59.6 Å². The molecule has 1 aliphatic heterocycles. The number of benzene rings is 2. The van der Waals surface area contributed by atoms with Crippen molar-refractivity contribution in [3.8, 4) is 5.75 Å². The van der Waals surface area contributed by atoms with Crippen LogP contribution in [0.1, 0.15) is 12.8 Å². The van der Waals surface area contributed by atoms with E-state index in [0.717, 1.165) is 19.4 Å². The monoisotopic (exact) mass is 394 g/mol. The van der Waals surface area contributed by atoms with E-state index in [4.69, 9.17) is 32.7 Å². The van der Waals surface area contributed by atoms with Crippen LogP contribution in [-0.4, -0.2) is 31.8 Å². The molecule has 3 rings (SSSR count). The van der Waals surface area contributed by atoms with E-state index in [1.807, 2.05) is 18.2 Å². The number of carbonyl (C=O) groups excluding carboxylic acids is 1. The van der Waals surface area contributed by atoms with Crippen LogP contribution in [0.4, 0.5) is 11.4 Å². The fraction of sp³-hybridized carbons (Fsp3) is 0.316. The SMILES string of the molecule is O=C(CNc1cc(Cl)cc(Cl)c1)Nc1ccccc1OCC1CCCO1. The third-order valence-electron chi connectivity index (χ3n) is 3.93. The van der Waals surface area contributed by atoms with Crippen LogP contribution in [0.2, 0.25) is 10.0 Å². The van der Waals surface area contributed by atoms with Crippen molar-refractivity contribution in [3.05, 3.63) is 52.5 Å². The van der Waals surface area contributed by atoms with Gasteiger partial charge < -0.3 is 20.1 Å². The maximum atomic E-state index is 12.2. The molecule has 5 nitrogen and oxygen atoms in total. The molecule has 7 heteroatoms. The number of anilines is 2. The average molecular weight is 395 g/mol. The minimum Gasteiger partial charge on any atom is -0.489 e. The van der Waals surface area contributed by atoms with Crippen molar-refractivity contribution in [2.75, 3.05) is 30.4 Å². The van der Waals surface area contributed by atoms with Gasteiger partial charge in [-0.05, 0) is 43.2 Å². The predicted octanol–water partition coefficient (Wildman–Crippen LogP) is 4.60. The number of halogens is 2. The Morgan fingerprint density at radius 1 is 1.19 bits per heavy atom. The highest BCUT2D eigenvalue weighted by Crippen LogP contribution is 2.25. The predicted molar refractivity (Wildman–Crippen MR) is 104 cm³/mol. The number of hydrogen-bond donors (Lipinski definition) is 2. The van der Waals surface area contributed by atoms with Gasteiger partial charge in [0.05, 0.1) is 18.3 Å². The molecular formula is C19H20Cl2N2O3. The van der Waals surface area contributed by atoms with Gasteiger partial charge in [-0.15, -0.1) is 0 Å². The van der Waals surface area contributed by atoms with Gasteiger partial charge in [0.2, 0.25) is 5.91 Å². The second-order valence-corrected chi connectivity index (χ2v) is 6.87. The summed E-state index contributed by atoms with van der Waals surface area (Å²) >= 11 is 11.9. The van der Waals surface area contributed by atoms with Crippen LogP contribution >= 0.6 is 23.2 Å². The molecule has 1 atom stereocenters. The van der Waals surface area contributed by atoms with E-state index in [2.05, 4.69) is 10.6 Å². The molecule has 1 fully saturated rings. The summed E-state index contributed by atoms with van der Waals surface area (Å²) in [7, 11) is 0. The molecule has 1 saturated heterocycles. The molecule has 0 aliphatic carbocycles. The quantitative estimate of drug-likeness (QED) is 0.719. The molecule has 2 N–H and O–H groups in total. The number of carbonyl (C=O) groups is 1. The van der Waals surface area contributed by atoms with Gasteiger partial charge in [-0.1, -0.05) is 35.3 Å². The number of rotatable bonds is 7. The van der Waals surface area contributed by atoms with Crippen molar-refractivity contribution < 1.29 is 14.3 Å². The molecule has 0 bridgehead atoms. The summed E-state index contributed by atoms with van der Waals surface area (Å²) in [5.74, 6) is 0.427. The Labute approximate surface area is 162 Å². The highest BCUT2D eigenvalue weighted by atomic mass is 35.5. The molecule has 2 aromatic carbocycles. The Morgan fingerprint density at radius 3 is 2.69 bits per heavy atom. The van der Waals surface area contributed by atoms with E-state index in [1.165, 1.54) is 0 Å². The Bertz CT molecular complexity index is 744. The first-order chi connectivity index (χ1) is 12.6. The lowest BCUT2D eigenvalue weighted by molar-refractivity contribution is -0.114. The summed E-state index contributed by atoms with van der Waals surface area (Å²) in [6.45, 7) is 1.34. The Hall–Kier alpha value is -1.95. The van der Waals surface area contributed by atoms with E-state index in [1.54, 1.807) is 24.3 Å². The maximum Gasteiger partial charge on any atom is 0.243 e. The van der Waals surface area contributed by atoms with Gasteiger partial charge in [0.25, 0.3) is 0 Å². The fourth-order valence-corrected chi connectivity index (χ4v) is 3.21. The smallest absolute Gasteiger partial charge is 0.243 e. The summed E-state index contributed by atoms with van der Waals surface area (Å²) in [5, 5.41) is 6.87. The Kier molecular flexibility index (Phi) is 6.61. The first-order valence-electron chi connectivity index (χ1n) is 8.43. The molecule has 26 heavy (non-hydrogen) atoms. The summed E-state index contributed by atoms with van der Waals surface area (Å²) in [6, 6.07) is 12.4. The molecule has 2 aromatic rings. The molecular weight excluding hydrogens is 375 g/mol. The first-order valence-corrected chi connectivity index (χ1v) is 9.19. The largest absolute Gasteiger partial charge is 0.489 e. The average Bonchev–Trinajstić information content (AvgIpc) is 3.12. The van der Waals surface area contributed by atoms with Gasteiger partial charge in [-0.2, -0.15) is 0 Å². The molecule has 138 valence electrons. The van der Waals surface area contributed by atoms with Crippen molar-refractivity contribution in [1.29, 1.82) is 0 Å². The van der Waals surface area contributed by atoms with E-state index >= 15 is 0 Å². The van der Waals surface area contributed by atoms with Crippen LogP contribution in [-0.2, 0) is 9.53 Å². The van der Waals surface area contributed by atoms with Crippen molar-refractivity contribution in [3.63, 3.8) is 0 Å². The minimum absolute atomic E-state index is 0.0801. The lowest BCUT2D eigenvalue weighted by Crippen LogP contribution is -2.22. The van der Waals surface area contributed by atoms with Crippen LogP contribution < -0.4 is 15.4 Å². The molecule has 1 unspecified atom stereocenters. The number of hydrogen-bond acceptors (Lipinski definition) is 4. The summed E-state index contributed by atoms with van der Waals surface area (Å²) in [5.41, 5.74) is 1.31. The van der Waals surface area contributed by atoms with Crippen molar-refractivity contribution in [2.45, 2.75) is 18.9 Å². The standard InChI is InChI=1S/C19H20Cl2N2O3/c20-13-8-14(21)10-15(9-13)22-11-19(24)23-17-5-1-2-6-18(17)26-12-16-4-3-7-25-16/h1-2,5-6,8-10,16,22H,3-4,7,11-12H2,(H,23,24). The zero-order valence-corrected chi connectivity index (χ0v) is 15.6. The molecule has 1 heterocycles. The summed E-state index contributed by atoms with van der Waals surface area (Å²) in [4.78, 5) is 12.2. The summed E-state index contributed by atoms with van der Waals surface area (Å²) < 4.78 is 11.4. The van der Waals surface area contributed by atoms with Crippen molar-refractivity contribution in [2.24, 2.45) is 0 Å². The molecule has 0 spiro atoms. The van der Waals surface area contributed by atoms with Gasteiger partial charge in [-0.25, -0.2) is 0 Å². The van der Waals surface area contributed by atoms with Gasteiger partial charge in [0.15, 0.2) is 0 Å². The van der Waals surface area contributed by atoms with Crippen LogP contribution in [0.15, 0.2) is 42.5 Å². The fourth-order valence-electron chi connectivity index (χ4n) is 2.69. The van der Waals surface area contributed by atoms with Gasteiger partial charge in [0, 0.05) is 22.3 Å². The first kappa shape index (κ1) is 18.8. The molecule has 0 saturated carbocycles. The van der Waals surface area contributed by atoms with Crippen LogP contribution in [0.3, 0.4) is 0 Å². The molecule has 1 amide bonds. The van der Waals surface area contributed by atoms with Gasteiger partial charge in [0.1, 0.15) is 12.4 Å². The van der Waals surface area contributed by atoms with E-state index < -0.39 is 0 Å². The number of ether oxygens (including phenoxy) is 2. The highest BCUT2D eigenvalue weighted by Gasteiger charge is 2.17. The second-order valence-electron chi connectivity index (χ2n) is 6.00. The minimum atomic E-state index is -0.200. The van der Waals surface area contributed by atoms with Crippen LogP contribution in [0, 0.1) is 0 Å². The Balaban J connectivity index is 1.54. The normalized spacial score (nSPS) is 16.3. The zero-order chi connectivity index (χ0) is 18.4. The number of para-hydroxylation sites is 2. The third kappa shape index (κ3) is 5.53. The van der Waals surface area contributed by atoms with E-state index in [0.29, 0.717) is 33.8 Å². The van der Waals surface area contributed by atoms with Crippen LogP contribution in [0.25, 0.3) is 0 Å². The van der Waals surface area contributed by atoms with Gasteiger partial charge >= 0.3 is 0 Å². The van der Waals surface area contributed by atoms with E-state index in [-0.39, 0.29) is 18.6 Å². The lowest BCUT2D eigenvalue weighted by atomic mass is 10.2. The second kappa shape index (κ2) is 9.12. The van der Waals surface area contributed by atoms with Crippen molar-refractivity contribution in [1.82, 2.24) is 0 Å². The maximum absolute atomic E-state index is 12.2. The third-order valence-corrected chi connectivity index (χ3v) is 4.36. The zero-order valence-electron chi connectivity index (χ0n) is 14.1. The molecule has 1 aliphatic rings. The number of nitrogens with one attached hydrogen (secondary N) is 2.